The van der Waals surface area contributed by atoms with Crippen molar-refractivity contribution in [2.24, 2.45) is 5.92 Å². The molecule has 1 aliphatic heterocycles. The Labute approximate surface area is 171 Å². The van der Waals surface area contributed by atoms with Crippen LogP contribution in [0.5, 0.6) is 0 Å². The minimum absolute atomic E-state index is 0.0184. The first kappa shape index (κ1) is 20.7. The Balaban J connectivity index is 1.79. The molecular weight excluding hydrogens is 366 g/mol. The van der Waals surface area contributed by atoms with Gasteiger partial charge in [-0.05, 0) is 37.7 Å². The van der Waals surface area contributed by atoms with E-state index in [9.17, 15) is 14.4 Å². The zero-order valence-electron chi connectivity index (χ0n) is 17.3. The van der Waals surface area contributed by atoms with Crippen LogP contribution in [0.3, 0.4) is 0 Å². The molecule has 0 spiro atoms. The van der Waals surface area contributed by atoms with Gasteiger partial charge in [0.2, 0.25) is 5.91 Å². The van der Waals surface area contributed by atoms with Crippen LogP contribution < -0.4 is 5.32 Å². The van der Waals surface area contributed by atoms with Crippen LogP contribution >= 0.6 is 0 Å². The summed E-state index contributed by atoms with van der Waals surface area (Å²) in [6, 6.07) is 15.7. The number of fused-ring (bicyclic) bond motifs is 1. The number of hydrogen-bond acceptors (Lipinski definition) is 4. The Bertz CT molecular complexity index is 874. The van der Waals surface area contributed by atoms with Crippen LogP contribution in [0.4, 0.5) is 0 Å². The van der Waals surface area contributed by atoms with Crippen molar-refractivity contribution in [2.45, 2.75) is 25.9 Å². The molecule has 0 aliphatic carbocycles. The Hall–Kier alpha value is -2.99. The molecule has 1 unspecified atom stereocenters. The standard InChI is InChI=1S/C23H27N3O3/c1-15(2)20(26-22(28)17-12-8-9-13-18(17)23(26)29)21(27)24-14-19(25(3)4)16-10-6-5-7-11-16/h5-13,15,19-20H,14H2,1-4H3,(H,24,27)/t19?,20-/m0/s1. The van der Waals surface area contributed by atoms with E-state index >= 15 is 0 Å². The molecule has 0 bridgehead atoms. The fourth-order valence-corrected chi connectivity index (χ4v) is 3.75. The lowest BCUT2D eigenvalue weighted by atomic mass is 10.0. The number of carbonyl (C=O) groups excluding carboxylic acids is 3. The number of likely N-dealkylation sites (N-methyl/N-ethyl adjacent to an activating group) is 1. The predicted molar refractivity (Wildman–Crippen MR) is 111 cm³/mol. The second-order valence-corrected chi connectivity index (χ2v) is 7.85. The maximum Gasteiger partial charge on any atom is 0.262 e. The highest BCUT2D eigenvalue weighted by Gasteiger charge is 2.43. The van der Waals surface area contributed by atoms with Gasteiger partial charge < -0.3 is 10.2 Å². The number of imide groups is 1. The van der Waals surface area contributed by atoms with Crippen molar-refractivity contribution in [1.82, 2.24) is 15.1 Å². The molecule has 0 aromatic heterocycles. The molecule has 0 radical (unpaired) electrons. The first-order valence-corrected chi connectivity index (χ1v) is 9.79. The van der Waals surface area contributed by atoms with Gasteiger partial charge in [-0.2, -0.15) is 0 Å². The second-order valence-electron chi connectivity index (χ2n) is 7.85. The van der Waals surface area contributed by atoms with Crippen molar-refractivity contribution < 1.29 is 14.4 Å². The van der Waals surface area contributed by atoms with Crippen LogP contribution in [-0.4, -0.2) is 54.2 Å². The normalized spacial score (nSPS) is 15.6. The van der Waals surface area contributed by atoms with E-state index in [1.807, 2.05) is 63.2 Å². The lowest BCUT2D eigenvalue weighted by molar-refractivity contribution is -0.126. The van der Waals surface area contributed by atoms with Crippen molar-refractivity contribution in [3.05, 3.63) is 71.3 Å². The van der Waals surface area contributed by atoms with E-state index < -0.39 is 17.9 Å². The first-order chi connectivity index (χ1) is 13.8. The van der Waals surface area contributed by atoms with Crippen molar-refractivity contribution >= 4 is 17.7 Å². The third-order valence-electron chi connectivity index (χ3n) is 5.28. The van der Waals surface area contributed by atoms with Crippen LogP contribution in [-0.2, 0) is 4.79 Å². The van der Waals surface area contributed by atoms with Crippen LogP contribution in [0.2, 0.25) is 0 Å². The van der Waals surface area contributed by atoms with Crippen molar-refractivity contribution in [3.8, 4) is 0 Å². The van der Waals surface area contributed by atoms with Gasteiger partial charge in [0.1, 0.15) is 6.04 Å². The van der Waals surface area contributed by atoms with Crippen LogP contribution in [0.1, 0.15) is 46.2 Å². The third-order valence-corrected chi connectivity index (χ3v) is 5.28. The summed E-state index contributed by atoms with van der Waals surface area (Å²) in [5.74, 6) is -1.36. The maximum absolute atomic E-state index is 13.1. The van der Waals surface area contributed by atoms with E-state index in [4.69, 9.17) is 0 Å². The summed E-state index contributed by atoms with van der Waals surface area (Å²) in [6.45, 7) is 4.06. The van der Waals surface area contributed by atoms with Gasteiger partial charge in [-0.1, -0.05) is 56.3 Å². The third kappa shape index (κ3) is 4.07. The highest BCUT2D eigenvalue weighted by atomic mass is 16.2. The Kier molecular flexibility index (Phi) is 6.13. The molecule has 0 saturated heterocycles. The molecule has 2 atom stereocenters. The molecule has 2 aromatic carbocycles. The van der Waals surface area contributed by atoms with Gasteiger partial charge in [0, 0.05) is 6.54 Å². The van der Waals surface area contributed by atoms with Crippen molar-refractivity contribution in [2.75, 3.05) is 20.6 Å². The van der Waals surface area contributed by atoms with Crippen LogP contribution in [0.25, 0.3) is 0 Å². The largest absolute Gasteiger partial charge is 0.352 e. The van der Waals surface area contributed by atoms with E-state index in [1.54, 1.807) is 24.3 Å². The number of carbonyl (C=O) groups is 3. The molecule has 1 heterocycles. The molecule has 29 heavy (non-hydrogen) atoms. The van der Waals surface area contributed by atoms with Gasteiger partial charge in [-0.3, -0.25) is 19.3 Å². The predicted octanol–water partition coefficient (Wildman–Crippen LogP) is 2.73. The molecule has 6 heteroatoms. The summed E-state index contributed by atoms with van der Waals surface area (Å²) in [4.78, 5) is 41.9. The number of nitrogens with one attached hydrogen (secondary N) is 1. The van der Waals surface area contributed by atoms with E-state index in [0.717, 1.165) is 10.5 Å². The molecule has 3 rings (SSSR count). The quantitative estimate of drug-likeness (QED) is 0.735. The smallest absolute Gasteiger partial charge is 0.262 e. The van der Waals surface area contributed by atoms with Gasteiger partial charge in [-0.15, -0.1) is 0 Å². The summed E-state index contributed by atoms with van der Waals surface area (Å²) < 4.78 is 0. The molecule has 152 valence electrons. The number of benzene rings is 2. The van der Waals surface area contributed by atoms with Crippen molar-refractivity contribution in [3.63, 3.8) is 0 Å². The van der Waals surface area contributed by atoms with Crippen LogP contribution in [0, 0.1) is 5.92 Å². The lowest BCUT2D eigenvalue weighted by Gasteiger charge is -2.30. The SMILES string of the molecule is CC(C)[C@@H](C(=O)NCC(c1ccccc1)N(C)C)N1C(=O)c2ccccc2C1=O. The van der Waals surface area contributed by atoms with E-state index in [0.29, 0.717) is 17.7 Å². The average Bonchev–Trinajstić information content (AvgIpc) is 2.94. The summed E-state index contributed by atoms with van der Waals surface area (Å²) in [5.41, 5.74) is 1.79. The molecule has 3 amide bonds. The molecule has 2 aromatic rings. The number of nitrogens with zero attached hydrogens (tertiary/aromatic N) is 2. The first-order valence-electron chi connectivity index (χ1n) is 9.79. The highest BCUT2D eigenvalue weighted by Crippen LogP contribution is 2.27. The topological polar surface area (TPSA) is 69.7 Å². The monoisotopic (exact) mass is 393 g/mol. The summed E-state index contributed by atoms with van der Waals surface area (Å²) in [7, 11) is 3.90. The van der Waals surface area contributed by atoms with E-state index in [-0.39, 0.29) is 17.9 Å². The fraction of sp³-hybridized carbons (Fsp3) is 0.348. The molecule has 0 fully saturated rings. The molecular formula is C23H27N3O3. The number of amides is 3. The second kappa shape index (κ2) is 8.57. The Morgan fingerprint density at radius 3 is 1.93 bits per heavy atom. The van der Waals surface area contributed by atoms with Gasteiger partial charge in [-0.25, -0.2) is 0 Å². The van der Waals surface area contributed by atoms with Gasteiger partial charge in [0.15, 0.2) is 0 Å². The number of rotatable bonds is 7. The zero-order valence-corrected chi connectivity index (χ0v) is 17.3. The molecule has 6 nitrogen and oxygen atoms in total. The zero-order chi connectivity index (χ0) is 21.1. The van der Waals surface area contributed by atoms with E-state index in [1.165, 1.54) is 0 Å². The lowest BCUT2D eigenvalue weighted by Crippen LogP contribution is -2.53. The highest BCUT2D eigenvalue weighted by molar-refractivity contribution is 6.22. The van der Waals surface area contributed by atoms with Gasteiger partial charge in [0.25, 0.3) is 11.8 Å². The average molecular weight is 393 g/mol. The minimum atomic E-state index is -0.860. The van der Waals surface area contributed by atoms with E-state index in [2.05, 4.69) is 5.32 Å². The fourth-order valence-electron chi connectivity index (χ4n) is 3.75. The Morgan fingerprint density at radius 2 is 1.45 bits per heavy atom. The molecule has 1 aliphatic rings. The summed E-state index contributed by atoms with van der Waals surface area (Å²) in [6.07, 6.45) is 0. The van der Waals surface area contributed by atoms with Crippen molar-refractivity contribution in [1.29, 1.82) is 0 Å². The maximum atomic E-state index is 13.1. The van der Waals surface area contributed by atoms with Crippen LogP contribution in [0.15, 0.2) is 54.6 Å². The molecule has 1 N–H and O–H groups in total. The number of hydrogen-bond donors (Lipinski definition) is 1. The summed E-state index contributed by atoms with van der Waals surface area (Å²) in [5, 5.41) is 2.96. The molecule has 0 saturated carbocycles. The van der Waals surface area contributed by atoms with Gasteiger partial charge in [0.05, 0.1) is 17.2 Å². The minimum Gasteiger partial charge on any atom is -0.352 e. The summed E-state index contributed by atoms with van der Waals surface area (Å²) >= 11 is 0. The van der Waals surface area contributed by atoms with Gasteiger partial charge >= 0.3 is 0 Å². The Morgan fingerprint density at radius 1 is 0.931 bits per heavy atom.